The van der Waals surface area contributed by atoms with Crippen LogP contribution in [-0.4, -0.2) is 41.8 Å². The number of rotatable bonds is 2. The Labute approximate surface area is 119 Å². The number of ketones is 1. The Balaban J connectivity index is 1.73. The average molecular weight is 272 g/mol. The number of amides is 1. The van der Waals surface area contributed by atoms with E-state index in [4.69, 9.17) is 0 Å². The molecule has 1 amide bonds. The van der Waals surface area contributed by atoms with Gasteiger partial charge in [-0.1, -0.05) is 12.1 Å². The van der Waals surface area contributed by atoms with Crippen molar-refractivity contribution in [3.8, 4) is 0 Å². The van der Waals surface area contributed by atoms with E-state index in [0.29, 0.717) is 23.2 Å². The summed E-state index contributed by atoms with van der Waals surface area (Å²) in [5.74, 6) is 0.106. The number of carbonyl (C=O) groups is 2. The van der Waals surface area contributed by atoms with Crippen LogP contribution in [-0.2, 0) is 0 Å². The summed E-state index contributed by atoms with van der Waals surface area (Å²) in [4.78, 5) is 25.7. The minimum absolute atomic E-state index is 0.0280. The second-order valence-electron chi connectivity index (χ2n) is 5.81. The first kappa shape index (κ1) is 13.3. The third-order valence-corrected chi connectivity index (χ3v) is 4.35. The van der Waals surface area contributed by atoms with Gasteiger partial charge in [-0.05, 0) is 38.3 Å². The molecule has 1 N–H and O–H groups in total. The summed E-state index contributed by atoms with van der Waals surface area (Å²) < 4.78 is 0. The van der Waals surface area contributed by atoms with E-state index < -0.39 is 0 Å². The summed E-state index contributed by atoms with van der Waals surface area (Å²) in [5, 5.41) is 3.57. The van der Waals surface area contributed by atoms with E-state index in [2.05, 4.69) is 5.32 Å². The van der Waals surface area contributed by atoms with Gasteiger partial charge in [0.05, 0.1) is 0 Å². The van der Waals surface area contributed by atoms with Crippen LogP contribution in [0.1, 0.15) is 46.9 Å². The second kappa shape index (κ2) is 5.37. The van der Waals surface area contributed by atoms with Crippen LogP contribution in [0.2, 0.25) is 0 Å². The van der Waals surface area contributed by atoms with Crippen molar-refractivity contribution in [1.82, 2.24) is 10.2 Å². The lowest BCUT2D eigenvalue weighted by Gasteiger charge is -2.24. The monoisotopic (exact) mass is 272 g/mol. The molecule has 2 unspecified atom stereocenters. The van der Waals surface area contributed by atoms with Gasteiger partial charge in [0.25, 0.3) is 5.91 Å². The van der Waals surface area contributed by atoms with Gasteiger partial charge in [0.2, 0.25) is 0 Å². The van der Waals surface area contributed by atoms with Crippen LogP contribution in [0.3, 0.4) is 0 Å². The predicted octanol–water partition coefficient (Wildman–Crippen LogP) is 1.86. The van der Waals surface area contributed by atoms with Crippen LogP contribution in [0.25, 0.3) is 0 Å². The lowest BCUT2D eigenvalue weighted by Crippen LogP contribution is -2.39. The summed E-state index contributed by atoms with van der Waals surface area (Å²) >= 11 is 0. The van der Waals surface area contributed by atoms with Crippen LogP contribution in [0.4, 0.5) is 0 Å². The van der Waals surface area contributed by atoms with E-state index in [1.165, 1.54) is 13.3 Å². The number of benzene rings is 1. The number of nitrogens with one attached hydrogen (secondary N) is 1. The van der Waals surface area contributed by atoms with Crippen molar-refractivity contribution in [2.45, 2.75) is 38.3 Å². The summed E-state index contributed by atoms with van der Waals surface area (Å²) in [6, 6.07) is 8.02. The number of carbonyl (C=O) groups excluding carboxylic acids is 2. The van der Waals surface area contributed by atoms with E-state index in [1.54, 1.807) is 24.3 Å². The molecule has 0 spiro atoms. The molecule has 1 aromatic carbocycles. The zero-order valence-electron chi connectivity index (χ0n) is 11.8. The van der Waals surface area contributed by atoms with E-state index in [9.17, 15) is 9.59 Å². The zero-order chi connectivity index (χ0) is 14.1. The van der Waals surface area contributed by atoms with Crippen molar-refractivity contribution in [3.05, 3.63) is 35.4 Å². The highest BCUT2D eigenvalue weighted by Gasteiger charge is 2.31. The molecule has 2 fully saturated rings. The van der Waals surface area contributed by atoms with Crippen molar-refractivity contribution < 1.29 is 9.59 Å². The molecule has 2 saturated heterocycles. The normalized spacial score (nSPS) is 25.4. The van der Waals surface area contributed by atoms with Crippen molar-refractivity contribution >= 4 is 11.7 Å². The summed E-state index contributed by atoms with van der Waals surface area (Å²) in [6.07, 6.45) is 3.44. The molecule has 2 bridgehead atoms. The second-order valence-corrected chi connectivity index (χ2v) is 5.81. The fourth-order valence-corrected chi connectivity index (χ4v) is 3.16. The lowest BCUT2D eigenvalue weighted by atomic mass is 10.1. The van der Waals surface area contributed by atoms with Crippen molar-refractivity contribution in [2.75, 3.05) is 13.1 Å². The van der Waals surface area contributed by atoms with Gasteiger partial charge in [0.15, 0.2) is 5.78 Å². The Kier molecular flexibility index (Phi) is 3.57. The fraction of sp³-hybridized carbons (Fsp3) is 0.500. The Morgan fingerprint density at radius 3 is 2.40 bits per heavy atom. The molecule has 0 saturated carbocycles. The zero-order valence-corrected chi connectivity index (χ0v) is 11.8. The molecule has 3 rings (SSSR count). The third-order valence-electron chi connectivity index (χ3n) is 4.35. The van der Waals surface area contributed by atoms with Crippen LogP contribution < -0.4 is 5.32 Å². The third kappa shape index (κ3) is 2.61. The Morgan fingerprint density at radius 2 is 1.70 bits per heavy atom. The van der Waals surface area contributed by atoms with Gasteiger partial charge in [0, 0.05) is 36.3 Å². The number of fused-ring (bicyclic) bond motifs is 2. The van der Waals surface area contributed by atoms with E-state index in [1.807, 2.05) is 4.90 Å². The van der Waals surface area contributed by atoms with Gasteiger partial charge >= 0.3 is 0 Å². The largest absolute Gasteiger partial charge is 0.337 e. The molecular weight excluding hydrogens is 252 g/mol. The highest BCUT2D eigenvalue weighted by molar-refractivity contribution is 5.97. The van der Waals surface area contributed by atoms with Gasteiger partial charge in [-0.3, -0.25) is 9.59 Å². The van der Waals surface area contributed by atoms with E-state index in [-0.39, 0.29) is 11.7 Å². The van der Waals surface area contributed by atoms with Gasteiger partial charge in [-0.15, -0.1) is 0 Å². The molecule has 4 nitrogen and oxygen atoms in total. The summed E-state index contributed by atoms with van der Waals surface area (Å²) in [6.45, 7) is 3.15. The number of hydrogen-bond donors (Lipinski definition) is 1. The lowest BCUT2D eigenvalue weighted by molar-refractivity contribution is 0.0747. The molecule has 0 radical (unpaired) electrons. The summed E-state index contributed by atoms with van der Waals surface area (Å²) in [7, 11) is 0. The number of nitrogens with zero attached hydrogens (tertiary/aromatic N) is 1. The van der Waals surface area contributed by atoms with Crippen LogP contribution in [0.15, 0.2) is 24.3 Å². The van der Waals surface area contributed by atoms with Crippen LogP contribution >= 0.6 is 0 Å². The van der Waals surface area contributed by atoms with Gasteiger partial charge in [0.1, 0.15) is 0 Å². The molecule has 2 atom stereocenters. The predicted molar refractivity (Wildman–Crippen MR) is 76.9 cm³/mol. The quantitative estimate of drug-likeness (QED) is 0.836. The first-order valence-electron chi connectivity index (χ1n) is 7.30. The van der Waals surface area contributed by atoms with Gasteiger partial charge in [-0.2, -0.15) is 0 Å². The topological polar surface area (TPSA) is 49.4 Å². The van der Waals surface area contributed by atoms with Crippen molar-refractivity contribution in [2.24, 2.45) is 0 Å². The molecule has 0 aliphatic carbocycles. The smallest absolute Gasteiger partial charge is 0.253 e. The Morgan fingerprint density at radius 1 is 1.05 bits per heavy atom. The molecule has 1 aromatic rings. The molecule has 2 aliphatic heterocycles. The fourth-order valence-electron chi connectivity index (χ4n) is 3.16. The SMILES string of the molecule is CC(=O)c1ccc(C(=O)N2CCC3CCC(C2)N3)cc1. The highest BCUT2D eigenvalue weighted by atomic mass is 16.2. The maximum atomic E-state index is 12.5. The molecular formula is C16H20N2O2. The number of Topliss-reactive ketones (excluding diaryl/α,β-unsaturated/α-hetero) is 1. The van der Waals surface area contributed by atoms with Crippen molar-refractivity contribution in [1.29, 1.82) is 0 Å². The number of likely N-dealkylation sites (tertiary alicyclic amines) is 1. The summed E-state index contributed by atoms with van der Waals surface area (Å²) in [5.41, 5.74) is 1.32. The molecule has 4 heteroatoms. The minimum atomic E-state index is 0.0280. The number of hydrogen-bond acceptors (Lipinski definition) is 3. The first-order valence-corrected chi connectivity index (χ1v) is 7.30. The Hall–Kier alpha value is -1.68. The maximum absolute atomic E-state index is 12.5. The van der Waals surface area contributed by atoms with Gasteiger partial charge in [-0.25, -0.2) is 0 Å². The standard InChI is InChI=1S/C16H20N2O2/c1-11(19)12-2-4-13(5-3-12)16(20)18-9-8-14-6-7-15(10-18)17-14/h2-5,14-15,17H,6-10H2,1H3. The molecule has 2 heterocycles. The van der Waals surface area contributed by atoms with E-state index in [0.717, 1.165) is 25.9 Å². The molecule has 2 aliphatic rings. The van der Waals surface area contributed by atoms with Crippen LogP contribution in [0.5, 0.6) is 0 Å². The van der Waals surface area contributed by atoms with Crippen LogP contribution in [0, 0.1) is 0 Å². The van der Waals surface area contributed by atoms with Gasteiger partial charge < -0.3 is 10.2 Å². The molecule has 0 aromatic heterocycles. The maximum Gasteiger partial charge on any atom is 0.253 e. The molecule has 106 valence electrons. The minimum Gasteiger partial charge on any atom is -0.337 e. The Bertz CT molecular complexity index is 524. The highest BCUT2D eigenvalue weighted by Crippen LogP contribution is 2.21. The van der Waals surface area contributed by atoms with E-state index >= 15 is 0 Å². The molecule has 20 heavy (non-hydrogen) atoms. The average Bonchev–Trinajstić information content (AvgIpc) is 2.78. The van der Waals surface area contributed by atoms with Crippen molar-refractivity contribution in [3.63, 3.8) is 0 Å². The first-order chi connectivity index (χ1) is 9.63.